The Balaban J connectivity index is 1.69. The summed E-state index contributed by atoms with van der Waals surface area (Å²) < 4.78 is 5.19. The Labute approximate surface area is 136 Å². The zero-order chi connectivity index (χ0) is 15.8. The maximum Gasteiger partial charge on any atom is 0.119 e. The van der Waals surface area contributed by atoms with Crippen LogP contribution in [0, 0.1) is 0 Å². The first kappa shape index (κ1) is 16.8. The van der Waals surface area contributed by atoms with E-state index >= 15 is 0 Å². The van der Waals surface area contributed by atoms with E-state index in [-0.39, 0.29) is 6.10 Å². The van der Waals surface area contributed by atoms with Crippen LogP contribution in [0.3, 0.4) is 0 Å². The fraction of sp³-hybridized carbons (Fsp3) is 0.333. The van der Waals surface area contributed by atoms with E-state index in [2.05, 4.69) is 5.32 Å². The maximum atomic E-state index is 10.0. The van der Waals surface area contributed by atoms with Crippen LogP contribution in [0.15, 0.2) is 48.5 Å². The van der Waals surface area contributed by atoms with Crippen molar-refractivity contribution >= 4 is 11.6 Å². The smallest absolute Gasteiger partial charge is 0.119 e. The van der Waals surface area contributed by atoms with Crippen LogP contribution in [0.5, 0.6) is 5.75 Å². The number of benzene rings is 2. The number of rotatable bonds is 8. The van der Waals surface area contributed by atoms with E-state index in [4.69, 9.17) is 16.3 Å². The molecule has 0 bridgehead atoms. The molecule has 0 unspecified atom stereocenters. The molecular formula is C18H22ClNO2. The number of aryl methyl sites for hydroxylation is 1. The topological polar surface area (TPSA) is 41.5 Å². The highest BCUT2D eigenvalue weighted by Crippen LogP contribution is 2.13. The third-order valence-corrected chi connectivity index (χ3v) is 3.77. The van der Waals surface area contributed by atoms with E-state index in [9.17, 15) is 5.11 Å². The van der Waals surface area contributed by atoms with Gasteiger partial charge in [-0.25, -0.2) is 0 Å². The largest absolute Gasteiger partial charge is 0.497 e. The summed E-state index contributed by atoms with van der Waals surface area (Å²) in [5, 5.41) is 14.0. The van der Waals surface area contributed by atoms with Gasteiger partial charge in [-0.2, -0.15) is 0 Å². The van der Waals surface area contributed by atoms with Gasteiger partial charge in [0.25, 0.3) is 0 Å². The maximum absolute atomic E-state index is 10.0. The lowest BCUT2D eigenvalue weighted by atomic mass is 10.1. The van der Waals surface area contributed by atoms with E-state index < -0.39 is 0 Å². The molecule has 0 saturated carbocycles. The number of hydrogen-bond acceptors (Lipinski definition) is 3. The standard InChI is InChI=1S/C18H22ClNO2/c1-22-18-4-2-3-15(11-18)12-20-13-17(21)10-7-14-5-8-16(19)9-6-14/h2-6,8-9,11,17,20-21H,7,10,12-13H2,1H3/t17-/m1/s1. The molecule has 0 saturated heterocycles. The summed E-state index contributed by atoms with van der Waals surface area (Å²) in [6.07, 6.45) is 1.22. The number of nitrogens with one attached hydrogen (secondary N) is 1. The van der Waals surface area contributed by atoms with Gasteiger partial charge in [-0.15, -0.1) is 0 Å². The van der Waals surface area contributed by atoms with Gasteiger partial charge in [0, 0.05) is 18.1 Å². The second-order valence-corrected chi connectivity index (χ2v) is 5.74. The number of methoxy groups -OCH3 is 1. The molecule has 2 aromatic carbocycles. The number of hydrogen-bond donors (Lipinski definition) is 2. The first-order valence-electron chi connectivity index (χ1n) is 7.43. The predicted molar refractivity (Wildman–Crippen MR) is 90.5 cm³/mol. The van der Waals surface area contributed by atoms with Gasteiger partial charge in [-0.1, -0.05) is 35.9 Å². The zero-order valence-corrected chi connectivity index (χ0v) is 13.5. The van der Waals surface area contributed by atoms with Gasteiger partial charge in [-0.3, -0.25) is 0 Å². The average Bonchev–Trinajstić information content (AvgIpc) is 2.54. The van der Waals surface area contributed by atoms with Gasteiger partial charge in [0.15, 0.2) is 0 Å². The van der Waals surface area contributed by atoms with Gasteiger partial charge < -0.3 is 15.2 Å². The minimum atomic E-state index is -0.360. The molecule has 22 heavy (non-hydrogen) atoms. The Bertz CT molecular complexity index is 572. The van der Waals surface area contributed by atoms with Crippen molar-refractivity contribution in [1.29, 1.82) is 0 Å². The first-order chi connectivity index (χ1) is 10.7. The molecule has 3 nitrogen and oxygen atoms in total. The van der Waals surface area contributed by atoms with Crippen molar-refractivity contribution in [1.82, 2.24) is 5.32 Å². The minimum absolute atomic E-state index is 0.360. The quantitative estimate of drug-likeness (QED) is 0.783. The van der Waals surface area contributed by atoms with Crippen LogP contribution in [0.1, 0.15) is 17.5 Å². The summed E-state index contributed by atoms with van der Waals surface area (Å²) in [7, 11) is 1.66. The van der Waals surface area contributed by atoms with Gasteiger partial charge in [0.2, 0.25) is 0 Å². The Kier molecular flexibility index (Phi) is 6.72. The highest BCUT2D eigenvalue weighted by Gasteiger charge is 2.05. The molecule has 0 aromatic heterocycles. The van der Waals surface area contributed by atoms with Crippen LogP contribution < -0.4 is 10.1 Å². The number of halogens is 1. The third kappa shape index (κ3) is 5.68. The first-order valence-corrected chi connectivity index (χ1v) is 7.81. The van der Waals surface area contributed by atoms with Crippen LogP contribution in [-0.4, -0.2) is 24.9 Å². The molecule has 0 aliphatic heterocycles. The number of aliphatic hydroxyl groups excluding tert-OH is 1. The van der Waals surface area contributed by atoms with E-state index in [1.807, 2.05) is 48.5 Å². The van der Waals surface area contributed by atoms with Crippen molar-refractivity contribution in [2.45, 2.75) is 25.5 Å². The zero-order valence-electron chi connectivity index (χ0n) is 12.8. The van der Waals surface area contributed by atoms with E-state index in [0.29, 0.717) is 6.54 Å². The molecule has 2 N–H and O–H groups in total. The van der Waals surface area contributed by atoms with Gasteiger partial charge >= 0.3 is 0 Å². The molecule has 4 heteroatoms. The highest BCUT2D eigenvalue weighted by molar-refractivity contribution is 6.30. The fourth-order valence-electron chi connectivity index (χ4n) is 2.25. The summed E-state index contributed by atoms with van der Waals surface area (Å²) in [6.45, 7) is 1.29. The number of ether oxygens (including phenoxy) is 1. The van der Waals surface area contributed by atoms with Crippen molar-refractivity contribution < 1.29 is 9.84 Å². The van der Waals surface area contributed by atoms with E-state index in [0.717, 1.165) is 35.7 Å². The van der Waals surface area contributed by atoms with Crippen molar-refractivity contribution in [2.75, 3.05) is 13.7 Å². The van der Waals surface area contributed by atoms with Gasteiger partial charge in [0.1, 0.15) is 5.75 Å². The molecule has 0 fully saturated rings. The minimum Gasteiger partial charge on any atom is -0.497 e. The van der Waals surface area contributed by atoms with E-state index in [1.165, 1.54) is 5.56 Å². The van der Waals surface area contributed by atoms with Crippen molar-refractivity contribution in [3.05, 3.63) is 64.7 Å². The summed E-state index contributed by atoms with van der Waals surface area (Å²) in [6, 6.07) is 15.7. The van der Waals surface area contributed by atoms with Gasteiger partial charge in [0.05, 0.1) is 13.2 Å². The summed E-state index contributed by atoms with van der Waals surface area (Å²) in [5.41, 5.74) is 2.33. The van der Waals surface area contributed by atoms with E-state index in [1.54, 1.807) is 7.11 Å². The molecule has 0 radical (unpaired) electrons. The van der Waals surface area contributed by atoms with Crippen LogP contribution in [0.25, 0.3) is 0 Å². The molecule has 2 rings (SSSR count). The van der Waals surface area contributed by atoms with Crippen LogP contribution in [-0.2, 0) is 13.0 Å². The van der Waals surface area contributed by atoms with Crippen LogP contribution in [0.2, 0.25) is 5.02 Å². The SMILES string of the molecule is COc1cccc(CNC[C@H](O)CCc2ccc(Cl)cc2)c1. The average molecular weight is 320 g/mol. The lowest BCUT2D eigenvalue weighted by molar-refractivity contribution is 0.161. The molecule has 0 amide bonds. The highest BCUT2D eigenvalue weighted by atomic mass is 35.5. The summed E-state index contributed by atoms with van der Waals surface area (Å²) in [5.74, 6) is 0.850. The second-order valence-electron chi connectivity index (χ2n) is 5.30. The molecule has 0 aliphatic rings. The molecular weight excluding hydrogens is 298 g/mol. The summed E-state index contributed by atoms with van der Waals surface area (Å²) in [4.78, 5) is 0. The van der Waals surface area contributed by atoms with Crippen molar-refractivity contribution in [3.63, 3.8) is 0 Å². The lowest BCUT2D eigenvalue weighted by Crippen LogP contribution is -2.26. The Morgan fingerprint density at radius 1 is 1.14 bits per heavy atom. The summed E-state index contributed by atoms with van der Waals surface area (Å²) >= 11 is 5.85. The fourth-order valence-corrected chi connectivity index (χ4v) is 2.38. The second kappa shape index (κ2) is 8.79. The molecule has 1 atom stereocenters. The molecule has 0 aliphatic carbocycles. The predicted octanol–water partition coefficient (Wildman–Crippen LogP) is 3.43. The third-order valence-electron chi connectivity index (χ3n) is 3.52. The Morgan fingerprint density at radius 2 is 1.91 bits per heavy atom. The van der Waals surface area contributed by atoms with Crippen LogP contribution >= 0.6 is 11.6 Å². The number of aliphatic hydroxyl groups is 1. The Morgan fingerprint density at radius 3 is 2.64 bits per heavy atom. The molecule has 0 spiro atoms. The molecule has 118 valence electrons. The van der Waals surface area contributed by atoms with Crippen LogP contribution in [0.4, 0.5) is 0 Å². The van der Waals surface area contributed by atoms with Gasteiger partial charge in [-0.05, 0) is 48.2 Å². The van der Waals surface area contributed by atoms with Crippen molar-refractivity contribution in [3.8, 4) is 5.75 Å². The normalized spacial score (nSPS) is 12.1. The monoisotopic (exact) mass is 319 g/mol. The molecule has 2 aromatic rings. The Hall–Kier alpha value is -1.55. The lowest BCUT2D eigenvalue weighted by Gasteiger charge is -2.12. The van der Waals surface area contributed by atoms with Crippen molar-refractivity contribution in [2.24, 2.45) is 0 Å². The molecule has 0 heterocycles.